The molecule has 0 unspecified atom stereocenters. The molecule has 158 valence electrons. The first-order valence-corrected chi connectivity index (χ1v) is 9.94. The Hall–Kier alpha value is -3.65. The third-order valence-electron chi connectivity index (χ3n) is 4.88. The second kappa shape index (κ2) is 8.61. The Morgan fingerprint density at radius 2 is 1.81 bits per heavy atom. The molecule has 2 amide bonds. The number of hydrogen-bond acceptors (Lipinski definition) is 6. The molecule has 0 radical (unpaired) electrons. The summed E-state index contributed by atoms with van der Waals surface area (Å²) < 4.78 is 5.68. The van der Waals surface area contributed by atoms with E-state index in [1.165, 1.54) is 30.9 Å². The second-order valence-electron chi connectivity index (χ2n) is 7.21. The first kappa shape index (κ1) is 20.6. The van der Waals surface area contributed by atoms with E-state index < -0.39 is 5.54 Å². The fourth-order valence-corrected chi connectivity index (χ4v) is 3.12. The molecule has 3 aromatic rings. The maximum Gasteiger partial charge on any atom is 0.255 e. The predicted octanol–water partition coefficient (Wildman–Crippen LogP) is 3.21. The highest BCUT2D eigenvalue weighted by atomic mass is 35.5. The molecule has 31 heavy (non-hydrogen) atoms. The molecule has 3 N–H and O–H groups in total. The number of rotatable bonds is 7. The van der Waals surface area contributed by atoms with Gasteiger partial charge in [0.2, 0.25) is 5.91 Å². The van der Waals surface area contributed by atoms with Crippen LogP contribution in [0.2, 0.25) is 5.02 Å². The fourth-order valence-electron chi connectivity index (χ4n) is 2.96. The third kappa shape index (κ3) is 4.92. The first-order chi connectivity index (χ1) is 14.9. The van der Waals surface area contributed by atoms with Crippen LogP contribution in [0.4, 0.5) is 0 Å². The van der Waals surface area contributed by atoms with Crippen molar-refractivity contribution in [3.8, 4) is 17.2 Å². The molecule has 4 rings (SSSR count). The highest BCUT2D eigenvalue weighted by molar-refractivity contribution is 6.32. The Balaban J connectivity index is 1.32. The van der Waals surface area contributed by atoms with E-state index in [1.807, 2.05) is 12.1 Å². The molecule has 9 heteroatoms. The summed E-state index contributed by atoms with van der Waals surface area (Å²) in [6.07, 6.45) is 5.31. The van der Waals surface area contributed by atoms with E-state index in [2.05, 4.69) is 20.6 Å². The number of hydrogen-bond donors (Lipinski definition) is 3. The number of benzene rings is 2. The minimum absolute atomic E-state index is 0.0552. The minimum atomic E-state index is -0.887. The van der Waals surface area contributed by atoms with Crippen LogP contribution < -0.4 is 15.4 Å². The molecule has 1 aliphatic carbocycles. The van der Waals surface area contributed by atoms with E-state index >= 15 is 0 Å². The number of nitrogens with one attached hydrogen (secondary N) is 2. The smallest absolute Gasteiger partial charge is 0.255 e. The Morgan fingerprint density at radius 3 is 2.48 bits per heavy atom. The lowest BCUT2D eigenvalue weighted by atomic mass is 10.2. The van der Waals surface area contributed by atoms with E-state index in [4.69, 9.17) is 16.3 Å². The van der Waals surface area contributed by atoms with Gasteiger partial charge in [-0.1, -0.05) is 23.7 Å². The quantitative estimate of drug-likeness (QED) is 0.522. The standard InChI is InChI=1S/C22H19ClN4O4/c23-18-6-3-16(28)9-19(18)31-17-4-1-14(2-5-17)10-26-21(30)22(7-8-22)27-20(29)15-11-24-13-25-12-15/h1-6,9,11-13,28H,7-8,10H2,(H,26,30)(H,27,29). The monoisotopic (exact) mass is 438 g/mol. The number of carbonyl (C=O) groups excluding carboxylic acids is 2. The average Bonchev–Trinajstić information content (AvgIpc) is 3.57. The average molecular weight is 439 g/mol. The molecule has 1 fully saturated rings. The van der Waals surface area contributed by atoms with E-state index in [9.17, 15) is 14.7 Å². The Bertz CT molecular complexity index is 1100. The van der Waals surface area contributed by atoms with Crippen molar-refractivity contribution in [3.05, 3.63) is 77.3 Å². The number of phenols is 1. The highest BCUT2D eigenvalue weighted by Crippen LogP contribution is 2.36. The van der Waals surface area contributed by atoms with Gasteiger partial charge in [0.15, 0.2) is 0 Å². The molecule has 1 aromatic heterocycles. The van der Waals surface area contributed by atoms with Crippen LogP contribution in [0.25, 0.3) is 0 Å². The summed E-state index contributed by atoms with van der Waals surface area (Å²) >= 11 is 6.07. The molecule has 0 atom stereocenters. The van der Waals surface area contributed by atoms with Crippen molar-refractivity contribution >= 4 is 23.4 Å². The van der Waals surface area contributed by atoms with Gasteiger partial charge in [0, 0.05) is 25.0 Å². The van der Waals surface area contributed by atoms with E-state index in [0.717, 1.165) is 5.56 Å². The lowest BCUT2D eigenvalue weighted by Crippen LogP contribution is -2.48. The Kier molecular flexibility index (Phi) is 5.73. The van der Waals surface area contributed by atoms with Crippen molar-refractivity contribution in [2.24, 2.45) is 0 Å². The van der Waals surface area contributed by atoms with Crippen LogP contribution in [0.15, 0.2) is 61.2 Å². The summed E-state index contributed by atoms with van der Waals surface area (Å²) in [5.74, 6) is 0.334. The molecule has 0 spiro atoms. The van der Waals surface area contributed by atoms with Crippen molar-refractivity contribution in [2.45, 2.75) is 24.9 Å². The molecule has 1 heterocycles. The van der Waals surface area contributed by atoms with Gasteiger partial charge in [-0.2, -0.15) is 0 Å². The largest absolute Gasteiger partial charge is 0.508 e. The molecule has 0 aliphatic heterocycles. The molecular formula is C22H19ClN4O4. The molecule has 1 aliphatic rings. The van der Waals surface area contributed by atoms with E-state index in [-0.39, 0.29) is 17.6 Å². The van der Waals surface area contributed by atoms with Crippen molar-refractivity contribution < 1.29 is 19.4 Å². The molecule has 1 saturated carbocycles. The topological polar surface area (TPSA) is 113 Å². The SMILES string of the molecule is O=C(NC1(C(=O)NCc2ccc(Oc3cc(O)ccc3Cl)cc2)CC1)c1cncnc1. The number of phenolic OH excluding ortho intramolecular Hbond substituents is 1. The van der Waals surface area contributed by atoms with Gasteiger partial charge in [-0.15, -0.1) is 0 Å². The van der Waals surface area contributed by atoms with Gasteiger partial charge in [-0.05, 0) is 42.7 Å². The van der Waals surface area contributed by atoms with Crippen molar-refractivity contribution in [1.29, 1.82) is 0 Å². The summed E-state index contributed by atoms with van der Waals surface area (Å²) in [4.78, 5) is 32.6. The summed E-state index contributed by atoms with van der Waals surface area (Å²) in [5.41, 5.74) is 0.285. The van der Waals surface area contributed by atoms with E-state index in [1.54, 1.807) is 18.2 Å². The van der Waals surface area contributed by atoms with Gasteiger partial charge in [0.05, 0.1) is 10.6 Å². The second-order valence-corrected chi connectivity index (χ2v) is 7.61. The van der Waals surface area contributed by atoms with Crippen LogP contribution in [-0.2, 0) is 11.3 Å². The van der Waals surface area contributed by atoms with Gasteiger partial charge < -0.3 is 20.5 Å². The third-order valence-corrected chi connectivity index (χ3v) is 5.19. The number of halogens is 1. The summed E-state index contributed by atoms with van der Waals surface area (Å²) in [6, 6.07) is 11.6. The van der Waals surface area contributed by atoms with Gasteiger partial charge in [-0.3, -0.25) is 9.59 Å². The Labute approximate surface area is 183 Å². The predicted molar refractivity (Wildman–Crippen MR) is 113 cm³/mol. The molecule has 8 nitrogen and oxygen atoms in total. The summed E-state index contributed by atoms with van der Waals surface area (Å²) in [6.45, 7) is 0.304. The zero-order valence-corrected chi connectivity index (χ0v) is 17.1. The van der Waals surface area contributed by atoms with E-state index in [0.29, 0.717) is 41.5 Å². The molecular weight excluding hydrogens is 420 g/mol. The van der Waals surface area contributed by atoms with Crippen LogP contribution in [0, 0.1) is 0 Å². The van der Waals surface area contributed by atoms with Crippen LogP contribution in [0.5, 0.6) is 17.2 Å². The lowest BCUT2D eigenvalue weighted by molar-refractivity contribution is -0.124. The van der Waals surface area contributed by atoms with Crippen LogP contribution in [-0.4, -0.2) is 32.4 Å². The van der Waals surface area contributed by atoms with Gasteiger partial charge in [-0.25, -0.2) is 9.97 Å². The van der Waals surface area contributed by atoms with Crippen molar-refractivity contribution in [1.82, 2.24) is 20.6 Å². The van der Waals surface area contributed by atoms with Gasteiger partial charge >= 0.3 is 0 Å². The Morgan fingerprint density at radius 1 is 1.10 bits per heavy atom. The number of aromatic hydroxyl groups is 1. The first-order valence-electron chi connectivity index (χ1n) is 9.56. The normalized spacial score (nSPS) is 13.8. The number of amides is 2. The van der Waals surface area contributed by atoms with Gasteiger partial charge in [0.1, 0.15) is 29.1 Å². The highest BCUT2D eigenvalue weighted by Gasteiger charge is 2.51. The zero-order chi connectivity index (χ0) is 21.8. The number of carbonyl (C=O) groups is 2. The molecule has 0 saturated heterocycles. The number of nitrogens with zero attached hydrogens (tertiary/aromatic N) is 2. The van der Waals surface area contributed by atoms with Crippen molar-refractivity contribution in [2.75, 3.05) is 0 Å². The van der Waals surface area contributed by atoms with Crippen molar-refractivity contribution in [3.63, 3.8) is 0 Å². The van der Waals surface area contributed by atoms with Gasteiger partial charge in [0.25, 0.3) is 5.91 Å². The summed E-state index contributed by atoms with van der Waals surface area (Å²) in [7, 11) is 0. The lowest BCUT2D eigenvalue weighted by Gasteiger charge is -2.17. The maximum absolute atomic E-state index is 12.6. The fraction of sp³-hybridized carbons (Fsp3) is 0.182. The number of ether oxygens (including phenoxy) is 1. The molecule has 0 bridgehead atoms. The minimum Gasteiger partial charge on any atom is -0.508 e. The number of aromatic nitrogens is 2. The molecule has 2 aromatic carbocycles. The van der Waals surface area contributed by atoms with Crippen LogP contribution in [0.1, 0.15) is 28.8 Å². The van der Waals surface area contributed by atoms with Crippen LogP contribution >= 0.6 is 11.6 Å². The van der Waals surface area contributed by atoms with Crippen LogP contribution in [0.3, 0.4) is 0 Å². The maximum atomic E-state index is 12.6. The summed E-state index contributed by atoms with van der Waals surface area (Å²) in [5, 5.41) is 15.6. The zero-order valence-electron chi connectivity index (χ0n) is 16.3.